The molecule has 0 spiro atoms. The molecule has 0 saturated heterocycles. The van der Waals surface area contributed by atoms with Crippen LogP contribution in [0.1, 0.15) is 62.4 Å². The Morgan fingerprint density at radius 3 is 2.62 bits per heavy atom. The van der Waals surface area contributed by atoms with E-state index in [-0.39, 0.29) is 12.5 Å². The first-order chi connectivity index (χ1) is 19.3. The van der Waals surface area contributed by atoms with Crippen LogP contribution in [0, 0.1) is 4.91 Å². The minimum Gasteiger partial charge on any atom is -0.343 e. The number of rotatable bonds is 13. The van der Waals surface area contributed by atoms with E-state index in [1.54, 1.807) is 0 Å². The van der Waals surface area contributed by atoms with Crippen LogP contribution in [0.25, 0.3) is 11.3 Å². The molecule has 0 bridgehead atoms. The van der Waals surface area contributed by atoms with E-state index in [0.717, 1.165) is 24.1 Å². The van der Waals surface area contributed by atoms with Crippen molar-refractivity contribution < 1.29 is 14.5 Å². The lowest BCUT2D eigenvalue weighted by Gasteiger charge is -2.04. The van der Waals surface area contributed by atoms with Gasteiger partial charge in [-0.05, 0) is 37.0 Å². The average molecular weight is 563 g/mol. The summed E-state index contributed by atoms with van der Waals surface area (Å²) >= 11 is 1.32. The van der Waals surface area contributed by atoms with Gasteiger partial charge in [-0.3, -0.25) is 9.59 Å². The highest BCUT2D eigenvalue weighted by molar-refractivity contribution is 7.14. The van der Waals surface area contributed by atoms with Crippen LogP contribution < -0.4 is 10.6 Å². The van der Waals surface area contributed by atoms with Crippen LogP contribution >= 0.6 is 11.3 Å². The molecule has 8 nitrogen and oxygen atoms in total. The van der Waals surface area contributed by atoms with Crippen molar-refractivity contribution >= 4 is 28.3 Å². The molecule has 0 aliphatic rings. The van der Waals surface area contributed by atoms with Crippen LogP contribution in [0.3, 0.4) is 0 Å². The van der Waals surface area contributed by atoms with Gasteiger partial charge in [0.05, 0.1) is 35.1 Å². The third-order valence-corrected chi connectivity index (χ3v) is 6.42. The highest BCUT2D eigenvalue weighted by atomic mass is 32.1. The van der Waals surface area contributed by atoms with Gasteiger partial charge < -0.3 is 10.6 Å². The lowest BCUT2D eigenvalue weighted by atomic mass is 10.1. The summed E-state index contributed by atoms with van der Waals surface area (Å²) in [5.41, 5.74) is 4.53. The lowest BCUT2D eigenvalue weighted by molar-refractivity contribution is -0.578. The van der Waals surface area contributed by atoms with E-state index >= 15 is 0 Å². The zero-order valence-corrected chi connectivity index (χ0v) is 24.7. The van der Waals surface area contributed by atoms with E-state index in [0.29, 0.717) is 15.6 Å². The smallest absolute Gasteiger partial charge is 0.253 e. The number of thiazole rings is 1. The Bertz CT molecular complexity index is 1340. The number of benzene rings is 1. The van der Waals surface area contributed by atoms with Crippen molar-refractivity contribution in [1.82, 2.24) is 15.0 Å². The van der Waals surface area contributed by atoms with E-state index in [1.807, 2.05) is 17.5 Å². The Morgan fingerprint density at radius 1 is 1.15 bits per heavy atom. The van der Waals surface area contributed by atoms with Gasteiger partial charge in [-0.2, -0.15) is 0 Å². The second kappa shape index (κ2) is 17.5. The van der Waals surface area contributed by atoms with E-state index in [1.165, 1.54) is 71.9 Å². The minimum atomic E-state index is -0.438. The van der Waals surface area contributed by atoms with Crippen LogP contribution in [0.2, 0.25) is 0 Å². The zero-order valence-electron chi connectivity index (χ0n) is 23.9. The molecule has 2 aromatic heterocycles. The van der Waals surface area contributed by atoms with Gasteiger partial charge >= 0.3 is 0 Å². The summed E-state index contributed by atoms with van der Waals surface area (Å²) in [6.07, 6.45) is 16.9. The molecule has 0 aliphatic heterocycles. The maximum Gasteiger partial charge on any atom is 0.253 e. The van der Waals surface area contributed by atoms with Crippen LogP contribution in [0.5, 0.6) is 0 Å². The Hall–Kier alpha value is -4.11. The van der Waals surface area contributed by atoms with E-state index < -0.39 is 5.91 Å². The Balaban J connectivity index is 0.000000395. The molecule has 0 aliphatic carbocycles. The van der Waals surface area contributed by atoms with Gasteiger partial charge in [0.25, 0.3) is 5.91 Å². The summed E-state index contributed by atoms with van der Waals surface area (Å²) in [4.78, 5) is 40.3. The molecule has 0 saturated carbocycles. The second-order valence-electron chi connectivity index (χ2n) is 9.05. The molecular weight excluding hydrogens is 522 g/mol. The number of nitrogens with one attached hydrogen (secondary N) is 2. The molecule has 9 heteroatoms. The maximum atomic E-state index is 12.1. The largest absolute Gasteiger partial charge is 0.343 e. The van der Waals surface area contributed by atoms with E-state index in [2.05, 4.69) is 79.4 Å². The third-order valence-electron chi connectivity index (χ3n) is 5.66. The topological polar surface area (TPSA) is 96.1 Å². The van der Waals surface area contributed by atoms with Gasteiger partial charge in [0.15, 0.2) is 5.13 Å². The number of amides is 2. The molecule has 0 radical (unpaired) electrons. The molecule has 0 fully saturated rings. The molecule has 1 aromatic carbocycles. The first-order valence-corrected chi connectivity index (χ1v) is 14.4. The highest BCUT2D eigenvalue weighted by Crippen LogP contribution is 2.25. The number of aryl methyl sites for hydroxylation is 1. The Kier molecular flexibility index (Phi) is 14.0. The van der Waals surface area contributed by atoms with Crippen LogP contribution in [0.15, 0.2) is 84.6 Å². The predicted molar refractivity (Wildman–Crippen MR) is 165 cm³/mol. The molecule has 3 rings (SSSR count). The SMILES string of the molecule is C=C(/C=C\C=C/CCC)CCC.CCc1cccc(-c2csc(NC(=O)CNC(=O)c3ccn([N+](C)=O)c3)n2)c1. The number of nitrogens with zero attached hydrogens (tertiary/aromatic N) is 3. The Morgan fingerprint density at radius 2 is 1.95 bits per heavy atom. The van der Waals surface area contributed by atoms with Crippen molar-refractivity contribution in [2.45, 2.75) is 52.9 Å². The van der Waals surface area contributed by atoms with Crippen LogP contribution in [0.4, 0.5) is 5.13 Å². The average Bonchev–Trinajstić information content (AvgIpc) is 3.63. The van der Waals surface area contributed by atoms with Gasteiger partial charge in [-0.15, -0.1) is 11.3 Å². The molecule has 3 aromatic rings. The second-order valence-corrected chi connectivity index (χ2v) is 9.91. The van der Waals surface area contributed by atoms with Gasteiger partial charge in [0.1, 0.15) is 4.87 Å². The quantitative estimate of drug-likeness (QED) is 0.174. The Labute approximate surface area is 241 Å². The zero-order chi connectivity index (χ0) is 29.3. The summed E-state index contributed by atoms with van der Waals surface area (Å²) in [6.45, 7) is 10.2. The fourth-order valence-electron chi connectivity index (χ4n) is 3.47. The highest BCUT2D eigenvalue weighted by Gasteiger charge is 2.14. The number of anilines is 1. The van der Waals surface area contributed by atoms with E-state index in [4.69, 9.17) is 0 Å². The number of hydrogen-bond donors (Lipinski definition) is 2. The number of aromatic nitrogens is 2. The van der Waals surface area contributed by atoms with Gasteiger partial charge in [-0.1, -0.05) is 92.9 Å². The summed E-state index contributed by atoms with van der Waals surface area (Å²) in [5, 5.41) is 7.55. The number of carbonyl (C=O) groups is 2. The van der Waals surface area contributed by atoms with Crippen molar-refractivity contribution in [2.24, 2.45) is 0 Å². The summed E-state index contributed by atoms with van der Waals surface area (Å²) in [5.74, 6) is -0.816. The van der Waals surface area contributed by atoms with Crippen molar-refractivity contribution in [2.75, 3.05) is 18.9 Å². The monoisotopic (exact) mass is 562 g/mol. The molecule has 40 heavy (non-hydrogen) atoms. The fraction of sp³-hybridized carbons (Fsp3) is 0.323. The number of allylic oxidation sites excluding steroid dienone is 5. The van der Waals surface area contributed by atoms with Crippen molar-refractivity contribution in [3.05, 3.63) is 101 Å². The molecule has 212 valence electrons. The van der Waals surface area contributed by atoms with Crippen LogP contribution in [-0.4, -0.2) is 39.9 Å². The maximum absolute atomic E-state index is 12.1. The number of nitroso groups, excluding NO2 is 1. The first kappa shape index (κ1) is 32.1. The molecule has 2 heterocycles. The summed E-state index contributed by atoms with van der Waals surface area (Å²) < 4.78 is 1.22. The number of hydrogen-bond acceptors (Lipinski definition) is 5. The van der Waals surface area contributed by atoms with Crippen LogP contribution in [-0.2, 0) is 11.2 Å². The molecule has 2 N–H and O–H groups in total. The fourth-order valence-corrected chi connectivity index (χ4v) is 4.21. The molecule has 0 unspecified atom stereocenters. The predicted octanol–water partition coefficient (Wildman–Crippen LogP) is 6.97. The molecular formula is C31H40N5O3S+. The summed E-state index contributed by atoms with van der Waals surface area (Å²) in [6, 6.07) is 9.60. The van der Waals surface area contributed by atoms with Gasteiger partial charge in [0.2, 0.25) is 13.0 Å². The molecule has 0 atom stereocenters. The van der Waals surface area contributed by atoms with Gasteiger partial charge in [-0.25, -0.2) is 4.98 Å². The van der Waals surface area contributed by atoms with Crippen molar-refractivity contribution in [3.8, 4) is 11.3 Å². The number of unbranched alkanes of at least 4 members (excludes halogenated alkanes) is 1. The lowest BCUT2D eigenvalue weighted by Crippen LogP contribution is -2.32. The normalized spacial score (nSPS) is 10.8. The summed E-state index contributed by atoms with van der Waals surface area (Å²) in [7, 11) is 1.32. The number of carbonyl (C=O) groups excluding carboxylic acids is 2. The third kappa shape index (κ3) is 11.3. The minimum absolute atomic E-state index is 0.197. The first-order valence-electron chi connectivity index (χ1n) is 13.5. The van der Waals surface area contributed by atoms with E-state index in [9.17, 15) is 14.5 Å². The molecule has 2 amide bonds. The van der Waals surface area contributed by atoms with Crippen molar-refractivity contribution in [3.63, 3.8) is 0 Å². The van der Waals surface area contributed by atoms with Gasteiger partial charge in [0, 0.05) is 10.9 Å². The van der Waals surface area contributed by atoms with Crippen molar-refractivity contribution in [1.29, 1.82) is 0 Å². The standard InChI is InChI=1S/C19H19N5O3S.C12H20/c1-3-13-5-4-6-14(9-13)16-12-28-19(21-16)22-17(25)10-20-18(26)15-7-8-24(11-15)23(2)27;1-4-6-7-8-9-11-12(3)10-5-2/h4-9,11-12H,3,10H2,1-2H3,(H-,20,21,22,25,26);7-9,11H,3-6,10H2,1-2H3/p+1/b;8-7-,11-9-.